The number of hydrogen-bond donors (Lipinski definition) is 4. The van der Waals surface area contributed by atoms with Gasteiger partial charge < -0.3 is 26.0 Å². The van der Waals surface area contributed by atoms with Gasteiger partial charge in [0.1, 0.15) is 23.9 Å². The Morgan fingerprint density at radius 3 is 1.89 bits per heavy atom. The maximum atomic E-state index is 13.1. The Morgan fingerprint density at radius 1 is 0.861 bits per heavy atom. The summed E-state index contributed by atoms with van der Waals surface area (Å²) in [5, 5.41) is 17.7. The second kappa shape index (κ2) is 15.8. The van der Waals surface area contributed by atoms with E-state index >= 15 is 0 Å². The highest BCUT2D eigenvalue weighted by molar-refractivity contribution is 5.94. The van der Waals surface area contributed by atoms with Crippen molar-refractivity contribution in [2.45, 2.75) is 91.8 Å². The number of hydrogen-bond acceptors (Lipinski definition) is 5. The minimum absolute atomic E-state index is 0.0995. The van der Waals surface area contributed by atoms with Gasteiger partial charge in [0.15, 0.2) is 0 Å². The number of nitrogens with zero attached hydrogens (tertiary/aromatic N) is 1. The summed E-state index contributed by atoms with van der Waals surface area (Å²) in [4.78, 5) is 52.8. The maximum absolute atomic E-state index is 13.1. The van der Waals surface area contributed by atoms with Crippen molar-refractivity contribution >= 4 is 23.6 Å². The second-order valence-corrected chi connectivity index (χ2v) is 9.62. The number of phenols is 1. The quantitative estimate of drug-likeness (QED) is 0.292. The molecule has 9 heteroatoms. The minimum Gasteiger partial charge on any atom is -0.508 e. The van der Waals surface area contributed by atoms with Crippen LogP contribution in [-0.2, 0) is 25.6 Å². The van der Waals surface area contributed by atoms with E-state index in [1.807, 2.05) is 0 Å². The number of carbonyl (C=O) groups is 4. The lowest BCUT2D eigenvalue weighted by molar-refractivity contribution is -0.137. The average Bonchev–Trinajstić information content (AvgIpc) is 2.82. The molecule has 0 heterocycles. The van der Waals surface area contributed by atoms with Crippen LogP contribution in [-0.4, -0.2) is 64.9 Å². The van der Waals surface area contributed by atoms with Gasteiger partial charge in [0, 0.05) is 26.4 Å². The first-order valence-electron chi connectivity index (χ1n) is 12.9. The molecule has 1 aromatic carbocycles. The molecule has 4 amide bonds. The van der Waals surface area contributed by atoms with Gasteiger partial charge in [0.05, 0.1) is 0 Å². The van der Waals surface area contributed by atoms with Crippen LogP contribution >= 0.6 is 0 Å². The zero-order valence-corrected chi connectivity index (χ0v) is 22.6. The van der Waals surface area contributed by atoms with Gasteiger partial charge in [-0.2, -0.15) is 0 Å². The zero-order valence-electron chi connectivity index (χ0n) is 22.6. The molecular weight excluding hydrogens is 460 g/mol. The van der Waals surface area contributed by atoms with Gasteiger partial charge in [-0.1, -0.05) is 52.7 Å². The van der Waals surface area contributed by atoms with Crippen LogP contribution < -0.4 is 16.0 Å². The van der Waals surface area contributed by atoms with Crippen molar-refractivity contribution < 1.29 is 24.3 Å². The monoisotopic (exact) mass is 504 g/mol. The predicted molar refractivity (Wildman–Crippen MR) is 140 cm³/mol. The Labute approximate surface area is 215 Å². The molecule has 3 atom stereocenters. The molecule has 4 N–H and O–H groups in total. The summed E-state index contributed by atoms with van der Waals surface area (Å²) in [7, 11) is 0. The molecule has 0 bridgehead atoms. The number of phenolic OH excluding ortho intramolecular Hbond substituents is 1. The number of amides is 4. The fourth-order valence-electron chi connectivity index (χ4n) is 3.78. The number of aromatic hydroxyl groups is 1. The van der Waals surface area contributed by atoms with Crippen LogP contribution in [0, 0.1) is 5.92 Å². The molecule has 0 aliphatic carbocycles. The molecule has 0 radical (unpaired) electrons. The highest BCUT2D eigenvalue weighted by Gasteiger charge is 2.31. The molecule has 0 spiro atoms. The summed E-state index contributed by atoms with van der Waals surface area (Å²) < 4.78 is 0. The molecule has 1 rings (SSSR count). The van der Waals surface area contributed by atoms with Crippen LogP contribution in [0.15, 0.2) is 24.3 Å². The Morgan fingerprint density at radius 2 is 1.42 bits per heavy atom. The van der Waals surface area contributed by atoms with E-state index in [1.165, 1.54) is 19.1 Å². The third-order valence-electron chi connectivity index (χ3n) is 5.92. The lowest BCUT2D eigenvalue weighted by atomic mass is 10.0. The first-order valence-corrected chi connectivity index (χ1v) is 12.9. The third kappa shape index (κ3) is 10.7. The van der Waals surface area contributed by atoms with E-state index in [1.54, 1.807) is 37.8 Å². The zero-order chi connectivity index (χ0) is 27.3. The molecule has 1 aromatic rings. The molecule has 0 saturated carbocycles. The van der Waals surface area contributed by atoms with E-state index in [2.05, 4.69) is 29.8 Å². The Kier molecular flexibility index (Phi) is 13.6. The minimum atomic E-state index is -0.904. The highest BCUT2D eigenvalue weighted by atomic mass is 16.3. The van der Waals surface area contributed by atoms with Gasteiger partial charge in [-0.05, 0) is 43.4 Å². The Hall–Kier alpha value is -3.10. The van der Waals surface area contributed by atoms with E-state index in [4.69, 9.17) is 0 Å². The van der Waals surface area contributed by atoms with Crippen LogP contribution in [0.4, 0.5) is 0 Å². The van der Waals surface area contributed by atoms with Gasteiger partial charge in [-0.15, -0.1) is 0 Å². The summed E-state index contributed by atoms with van der Waals surface area (Å²) in [5.74, 6) is -1.61. The number of benzene rings is 1. The predicted octanol–water partition coefficient (Wildman–Crippen LogP) is 2.51. The van der Waals surface area contributed by atoms with Crippen molar-refractivity contribution in [2.75, 3.05) is 13.1 Å². The van der Waals surface area contributed by atoms with E-state index in [0.29, 0.717) is 13.1 Å². The van der Waals surface area contributed by atoms with Crippen molar-refractivity contribution in [3.8, 4) is 5.75 Å². The van der Waals surface area contributed by atoms with Crippen molar-refractivity contribution in [3.63, 3.8) is 0 Å². The van der Waals surface area contributed by atoms with Crippen molar-refractivity contribution in [1.82, 2.24) is 20.9 Å². The van der Waals surface area contributed by atoms with Gasteiger partial charge >= 0.3 is 0 Å². The van der Waals surface area contributed by atoms with Crippen LogP contribution in [0.5, 0.6) is 5.75 Å². The average molecular weight is 505 g/mol. The van der Waals surface area contributed by atoms with Gasteiger partial charge in [0.2, 0.25) is 23.6 Å². The maximum Gasteiger partial charge on any atom is 0.244 e. The standard InChI is InChI=1S/C27H44N4O5/c1-7-9-15-31(16-10-8-2)27(36)19(5)28-26(35)24(18(3)4)30-25(34)23(29-20(6)32)17-21-11-13-22(33)14-12-21/h11-14,18-19,23-24,33H,7-10,15-17H2,1-6H3,(H,28,35)(H,29,32)(H,30,34)/t19-,23-,24-/m0/s1. The fraction of sp³-hybridized carbons (Fsp3) is 0.630. The molecule has 9 nitrogen and oxygen atoms in total. The molecular formula is C27H44N4O5. The van der Waals surface area contributed by atoms with Crippen molar-refractivity contribution in [3.05, 3.63) is 29.8 Å². The lowest BCUT2D eigenvalue weighted by Crippen LogP contribution is -2.58. The summed E-state index contributed by atoms with van der Waals surface area (Å²) in [5.41, 5.74) is 0.741. The Bertz CT molecular complexity index is 848. The van der Waals surface area contributed by atoms with E-state index in [9.17, 15) is 24.3 Å². The van der Waals surface area contributed by atoms with Crippen molar-refractivity contribution in [1.29, 1.82) is 0 Å². The first kappa shape index (κ1) is 30.9. The number of carbonyl (C=O) groups excluding carboxylic acids is 4. The third-order valence-corrected chi connectivity index (χ3v) is 5.92. The summed E-state index contributed by atoms with van der Waals surface area (Å²) >= 11 is 0. The first-order chi connectivity index (χ1) is 17.0. The molecule has 0 unspecified atom stereocenters. The van der Waals surface area contributed by atoms with Crippen LogP contribution in [0.1, 0.15) is 72.8 Å². The van der Waals surface area contributed by atoms with E-state index in [-0.39, 0.29) is 29.9 Å². The number of unbranched alkanes of at least 4 members (excludes halogenated alkanes) is 2. The van der Waals surface area contributed by atoms with E-state index in [0.717, 1.165) is 31.2 Å². The van der Waals surface area contributed by atoms with Gasteiger partial charge in [-0.3, -0.25) is 19.2 Å². The molecule has 202 valence electrons. The molecule has 0 aliphatic heterocycles. The SMILES string of the molecule is CCCCN(CCCC)C(=O)[C@H](C)NC(=O)[C@@H](NC(=O)[C@H](Cc1ccc(O)cc1)NC(C)=O)C(C)C. The molecule has 0 saturated heterocycles. The molecule has 0 aromatic heterocycles. The number of rotatable bonds is 15. The summed E-state index contributed by atoms with van der Waals surface area (Å²) in [6, 6.07) is 3.83. The van der Waals surface area contributed by atoms with Gasteiger partial charge in [0.25, 0.3) is 0 Å². The second-order valence-electron chi connectivity index (χ2n) is 9.62. The van der Waals surface area contributed by atoms with Crippen LogP contribution in [0.25, 0.3) is 0 Å². The lowest BCUT2D eigenvalue weighted by Gasteiger charge is -2.29. The summed E-state index contributed by atoms with van der Waals surface area (Å²) in [6.07, 6.45) is 3.92. The van der Waals surface area contributed by atoms with Gasteiger partial charge in [-0.25, -0.2) is 0 Å². The van der Waals surface area contributed by atoms with Crippen LogP contribution in [0.2, 0.25) is 0 Å². The normalized spacial score (nSPS) is 13.4. The summed E-state index contributed by atoms with van der Waals surface area (Å²) in [6.45, 7) is 12.0. The molecule has 0 fully saturated rings. The Balaban J connectivity index is 2.92. The molecule has 36 heavy (non-hydrogen) atoms. The smallest absolute Gasteiger partial charge is 0.244 e. The van der Waals surface area contributed by atoms with Crippen LogP contribution in [0.3, 0.4) is 0 Å². The van der Waals surface area contributed by atoms with E-state index < -0.39 is 29.9 Å². The fourth-order valence-corrected chi connectivity index (χ4v) is 3.78. The molecule has 0 aliphatic rings. The number of nitrogens with one attached hydrogen (secondary N) is 3. The topological polar surface area (TPSA) is 128 Å². The van der Waals surface area contributed by atoms with Crippen molar-refractivity contribution in [2.24, 2.45) is 5.92 Å². The highest BCUT2D eigenvalue weighted by Crippen LogP contribution is 2.12. The largest absolute Gasteiger partial charge is 0.508 e.